The minimum Gasteiger partial charge on any atom is -0.496 e. The van der Waals surface area contributed by atoms with Crippen molar-refractivity contribution in [3.63, 3.8) is 0 Å². The van der Waals surface area contributed by atoms with Crippen LogP contribution >= 0.6 is 0 Å². The van der Waals surface area contributed by atoms with Crippen molar-refractivity contribution in [2.45, 2.75) is 33.2 Å². The maximum atomic E-state index is 12.2. The topological polar surface area (TPSA) is 74.0 Å². The van der Waals surface area contributed by atoms with Gasteiger partial charge in [-0.25, -0.2) is 0 Å². The van der Waals surface area contributed by atoms with Gasteiger partial charge in [-0.15, -0.1) is 0 Å². The van der Waals surface area contributed by atoms with Crippen LogP contribution < -0.4 is 19.9 Å². The molecule has 1 aromatic carbocycles. The molecule has 0 aliphatic carbocycles. The van der Waals surface area contributed by atoms with E-state index in [0.29, 0.717) is 36.8 Å². The van der Waals surface area contributed by atoms with Gasteiger partial charge in [-0.1, -0.05) is 20.8 Å². The van der Waals surface area contributed by atoms with Crippen molar-refractivity contribution in [2.24, 2.45) is 11.1 Å². The van der Waals surface area contributed by atoms with Gasteiger partial charge in [-0.2, -0.15) is 0 Å². The normalized spacial score (nSPS) is 12.5. The van der Waals surface area contributed by atoms with E-state index in [1.54, 1.807) is 44.4 Å². The molecule has 0 aliphatic rings. The Kier molecular flexibility index (Phi) is 7.35. The zero-order chi connectivity index (χ0) is 18.3. The van der Waals surface area contributed by atoms with Gasteiger partial charge in [-0.3, -0.25) is 4.79 Å². The molecule has 0 radical (unpaired) electrons. The first-order valence-corrected chi connectivity index (χ1v) is 8.05. The predicted octanol–water partition coefficient (Wildman–Crippen LogP) is 2.30. The number of rotatable bonds is 8. The van der Waals surface area contributed by atoms with Crippen LogP contribution in [0.15, 0.2) is 18.2 Å². The summed E-state index contributed by atoms with van der Waals surface area (Å²) >= 11 is 0. The van der Waals surface area contributed by atoms with Crippen molar-refractivity contribution >= 4 is 5.91 Å². The van der Waals surface area contributed by atoms with Gasteiger partial charge >= 0.3 is 0 Å². The summed E-state index contributed by atoms with van der Waals surface area (Å²) in [5, 5.41) is 0. The molecule has 136 valence electrons. The molecule has 0 saturated heterocycles. The summed E-state index contributed by atoms with van der Waals surface area (Å²) in [6.45, 7) is 6.95. The quantitative estimate of drug-likeness (QED) is 0.736. The minimum atomic E-state index is -0.508. The molecule has 0 saturated carbocycles. The smallest absolute Gasteiger partial charge is 0.239 e. The SMILES string of the molecule is COc1cc(OC)cc(OCCCN(C)C(=O)[C@@H](N)C(C)(C)C)c1. The number of hydrogen-bond acceptors (Lipinski definition) is 5. The van der Waals surface area contributed by atoms with Gasteiger partial charge in [0.1, 0.15) is 17.2 Å². The molecule has 0 aromatic heterocycles. The number of likely N-dealkylation sites (N-methyl/N-ethyl adjacent to an activating group) is 1. The van der Waals surface area contributed by atoms with Crippen LogP contribution in [0.4, 0.5) is 0 Å². The van der Waals surface area contributed by atoms with Crippen LogP contribution in [-0.4, -0.2) is 51.3 Å². The average Bonchev–Trinajstić information content (AvgIpc) is 2.55. The maximum Gasteiger partial charge on any atom is 0.239 e. The van der Waals surface area contributed by atoms with E-state index in [1.807, 2.05) is 20.8 Å². The molecular formula is C18H30N2O4. The van der Waals surface area contributed by atoms with E-state index in [9.17, 15) is 4.79 Å². The number of amides is 1. The molecule has 6 nitrogen and oxygen atoms in total. The summed E-state index contributed by atoms with van der Waals surface area (Å²) in [4.78, 5) is 13.9. The second kappa shape index (κ2) is 8.78. The van der Waals surface area contributed by atoms with E-state index in [4.69, 9.17) is 19.9 Å². The maximum absolute atomic E-state index is 12.2. The number of carbonyl (C=O) groups excluding carboxylic acids is 1. The number of carbonyl (C=O) groups is 1. The van der Waals surface area contributed by atoms with Gasteiger partial charge in [0.25, 0.3) is 0 Å². The lowest BCUT2D eigenvalue weighted by atomic mass is 9.86. The molecule has 1 atom stereocenters. The summed E-state index contributed by atoms with van der Waals surface area (Å²) < 4.78 is 16.1. The number of hydrogen-bond donors (Lipinski definition) is 1. The number of nitrogens with zero attached hydrogens (tertiary/aromatic N) is 1. The first kappa shape index (κ1) is 20.1. The Morgan fingerprint density at radius 1 is 1.12 bits per heavy atom. The van der Waals surface area contributed by atoms with Gasteiger partial charge in [-0.05, 0) is 11.8 Å². The van der Waals surface area contributed by atoms with Crippen molar-refractivity contribution in [1.29, 1.82) is 0 Å². The molecular weight excluding hydrogens is 308 g/mol. The van der Waals surface area contributed by atoms with Crippen molar-refractivity contribution in [3.8, 4) is 17.2 Å². The van der Waals surface area contributed by atoms with Gasteiger partial charge < -0.3 is 24.8 Å². The van der Waals surface area contributed by atoms with Gasteiger partial charge in [0.2, 0.25) is 5.91 Å². The van der Waals surface area contributed by atoms with E-state index in [2.05, 4.69) is 0 Å². The fourth-order valence-electron chi connectivity index (χ4n) is 2.07. The zero-order valence-corrected chi connectivity index (χ0v) is 15.6. The zero-order valence-electron chi connectivity index (χ0n) is 15.6. The highest BCUT2D eigenvalue weighted by molar-refractivity contribution is 5.82. The van der Waals surface area contributed by atoms with Gasteiger partial charge in [0.15, 0.2) is 0 Å². The summed E-state index contributed by atoms with van der Waals surface area (Å²) in [7, 11) is 4.96. The van der Waals surface area contributed by atoms with Crippen molar-refractivity contribution in [1.82, 2.24) is 4.90 Å². The third-order valence-corrected chi connectivity index (χ3v) is 3.81. The van der Waals surface area contributed by atoms with Crippen LogP contribution in [0.2, 0.25) is 0 Å². The molecule has 0 fully saturated rings. The molecule has 1 aromatic rings. The molecule has 2 N–H and O–H groups in total. The number of nitrogens with two attached hydrogens (primary N) is 1. The number of ether oxygens (including phenoxy) is 3. The van der Waals surface area contributed by atoms with E-state index >= 15 is 0 Å². The molecule has 6 heteroatoms. The third-order valence-electron chi connectivity index (χ3n) is 3.81. The van der Waals surface area contributed by atoms with Crippen LogP contribution in [0.25, 0.3) is 0 Å². The standard InChI is InChI=1S/C18H30N2O4/c1-18(2,3)16(19)17(21)20(4)8-7-9-24-15-11-13(22-5)10-14(12-15)23-6/h10-12,16H,7-9,19H2,1-6H3/t16-/m1/s1. The molecule has 0 heterocycles. The van der Waals surface area contributed by atoms with E-state index in [1.165, 1.54) is 0 Å². The summed E-state index contributed by atoms with van der Waals surface area (Å²) in [5.41, 5.74) is 5.75. The first-order valence-electron chi connectivity index (χ1n) is 8.05. The largest absolute Gasteiger partial charge is 0.496 e. The van der Waals surface area contributed by atoms with Crippen LogP contribution in [0, 0.1) is 5.41 Å². The highest BCUT2D eigenvalue weighted by Gasteiger charge is 2.29. The highest BCUT2D eigenvalue weighted by Crippen LogP contribution is 2.27. The number of methoxy groups -OCH3 is 2. The molecule has 0 bridgehead atoms. The van der Waals surface area contributed by atoms with Crippen LogP contribution in [0.3, 0.4) is 0 Å². The molecule has 0 unspecified atom stereocenters. The van der Waals surface area contributed by atoms with Crippen molar-refractivity contribution in [3.05, 3.63) is 18.2 Å². The van der Waals surface area contributed by atoms with Crippen molar-refractivity contribution in [2.75, 3.05) is 34.4 Å². The first-order chi connectivity index (χ1) is 11.2. The monoisotopic (exact) mass is 338 g/mol. The van der Waals surface area contributed by atoms with Gasteiger partial charge in [0, 0.05) is 31.8 Å². The molecule has 1 rings (SSSR count). The molecule has 0 aliphatic heterocycles. The Balaban J connectivity index is 2.47. The lowest BCUT2D eigenvalue weighted by Crippen LogP contribution is -2.49. The van der Waals surface area contributed by atoms with Gasteiger partial charge in [0.05, 0.1) is 26.9 Å². The van der Waals surface area contributed by atoms with Crippen LogP contribution in [0.5, 0.6) is 17.2 Å². The third kappa shape index (κ3) is 5.92. The molecule has 24 heavy (non-hydrogen) atoms. The Morgan fingerprint density at radius 3 is 2.08 bits per heavy atom. The lowest BCUT2D eigenvalue weighted by molar-refractivity contribution is -0.133. The summed E-state index contributed by atoms with van der Waals surface area (Å²) in [5.74, 6) is 1.97. The predicted molar refractivity (Wildman–Crippen MR) is 94.7 cm³/mol. The highest BCUT2D eigenvalue weighted by atomic mass is 16.5. The second-order valence-electron chi connectivity index (χ2n) is 6.85. The van der Waals surface area contributed by atoms with E-state index in [0.717, 1.165) is 0 Å². The molecule has 0 spiro atoms. The van der Waals surface area contributed by atoms with Crippen molar-refractivity contribution < 1.29 is 19.0 Å². The lowest BCUT2D eigenvalue weighted by Gasteiger charge is -2.30. The second-order valence-corrected chi connectivity index (χ2v) is 6.85. The minimum absolute atomic E-state index is 0.0504. The fraction of sp³-hybridized carbons (Fsp3) is 0.611. The van der Waals surface area contributed by atoms with Crippen LogP contribution in [-0.2, 0) is 4.79 Å². The van der Waals surface area contributed by atoms with E-state index < -0.39 is 6.04 Å². The van der Waals surface area contributed by atoms with Crippen LogP contribution in [0.1, 0.15) is 27.2 Å². The fourth-order valence-corrected chi connectivity index (χ4v) is 2.07. The average molecular weight is 338 g/mol. The Labute approximate surface area is 144 Å². The summed E-state index contributed by atoms with van der Waals surface area (Å²) in [6, 6.07) is 4.87. The number of benzene rings is 1. The Hall–Kier alpha value is -1.95. The van der Waals surface area contributed by atoms with E-state index in [-0.39, 0.29) is 11.3 Å². The molecule has 1 amide bonds. The Bertz CT molecular complexity index is 518. The Morgan fingerprint density at radius 2 is 1.62 bits per heavy atom. The summed E-state index contributed by atoms with van der Waals surface area (Å²) in [6.07, 6.45) is 0.707.